The number of fused-ring (bicyclic) bond motifs is 1. The van der Waals surface area contributed by atoms with Crippen LogP contribution in [0.4, 0.5) is 0 Å². The Hall–Kier alpha value is -1.61. The highest BCUT2D eigenvalue weighted by atomic mass is 79.9. The topological polar surface area (TPSA) is 29.1 Å². The lowest BCUT2D eigenvalue weighted by Crippen LogP contribution is -2.33. The molecule has 0 saturated heterocycles. The maximum atomic E-state index is 12.1. The van der Waals surface area contributed by atoms with Gasteiger partial charge in [0, 0.05) is 23.4 Å². The summed E-state index contributed by atoms with van der Waals surface area (Å²) in [5.74, 6) is 0.479. The van der Waals surface area contributed by atoms with E-state index >= 15 is 0 Å². The van der Waals surface area contributed by atoms with Gasteiger partial charge < -0.3 is 5.32 Å². The summed E-state index contributed by atoms with van der Waals surface area (Å²) in [6.45, 7) is 0.718. The average molecular weight is 330 g/mol. The van der Waals surface area contributed by atoms with Crippen LogP contribution in [0, 0.1) is 0 Å². The summed E-state index contributed by atoms with van der Waals surface area (Å²) >= 11 is 3.40. The highest BCUT2D eigenvalue weighted by Gasteiger charge is 2.25. The monoisotopic (exact) mass is 329 g/mol. The molecular formula is C17H16BrNO. The van der Waals surface area contributed by atoms with Crippen molar-refractivity contribution in [1.29, 1.82) is 0 Å². The van der Waals surface area contributed by atoms with E-state index in [0.717, 1.165) is 23.9 Å². The Morgan fingerprint density at radius 2 is 1.90 bits per heavy atom. The first-order valence-corrected chi connectivity index (χ1v) is 7.91. The smallest absolute Gasteiger partial charge is 0.251 e. The molecule has 0 bridgehead atoms. The molecule has 2 aromatic rings. The first-order valence-electron chi connectivity index (χ1n) is 6.79. The predicted octanol–water partition coefficient (Wildman–Crippen LogP) is 3.65. The van der Waals surface area contributed by atoms with Crippen molar-refractivity contribution in [2.24, 2.45) is 0 Å². The maximum Gasteiger partial charge on any atom is 0.251 e. The second-order valence-corrected chi connectivity index (χ2v) is 5.70. The lowest BCUT2D eigenvalue weighted by atomic mass is 9.77. The van der Waals surface area contributed by atoms with Crippen LogP contribution in [0.5, 0.6) is 0 Å². The van der Waals surface area contributed by atoms with E-state index in [4.69, 9.17) is 0 Å². The van der Waals surface area contributed by atoms with Gasteiger partial charge in [0.15, 0.2) is 0 Å². The molecule has 0 radical (unpaired) electrons. The molecule has 3 heteroatoms. The fraction of sp³-hybridized carbons (Fsp3) is 0.235. The van der Waals surface area contributed by atoms with Crippen molar-refractivity contribution in [1.82, 2.24) is 5.32 Å². The third-order valence-corrected chi connectivity index (χ3v) is 4.49. The van der Waals surface area contributed by atoms with Crippen molar-refractivity contribution < 1.29 is 4.79 Å². The fourth-order valence-corrected chi connectivity index (χ4v) is 2.98. The molecule has 0 heterocycles. The summed E-state index contributed by atoms with van der Waals surface area (Å²) in [5, 5.41) is 3.84. The summed E-state index contributed by atoms with van der Waals surface area (Å²) in [7, 11) is 0. The Balaban J connectivity index is 1.58. The number of carbonyl (C=O) groups excluding carboxylic acids is 1. The van der Waals surface area contributed by atoms with Gasteiger partial charge in [0.05, 0.1) is 0 Å². The van der Waals surface area contributed by atoms with E-state index in [9.17, 15) is 4.79 Å². The van der Waals surface area contributed by atoms with E-state index in [1.54, 1.807) is 0 Å². The van der Waals surface area contributed by atoms with Crippen LogP contribution in [0.25, 0.3) is 0 Å². The van der Waals surface area contributed by atoms with Crippen molar-refractivity contribution in [2.45, 2.75) is 17.7 Å². The number of rotatable bonds is 4. The minimum absolute atomic E-state index is 0.00973. The average Bonchev–Trinajstić information content (AvgIpc) is 2.48. The number of carbonyl (C=O) groups is 1. The van der Waals surface area contributed by atoms with Crippen molar-refractivity contribution in [3.63, 3.8) is 0 Å². The molecule has 1 unspecified atom stereocenters. The molecule has 1 atom stereocenters. The van der Waals surface area contributed by atoms with E-state index < -0.39 is 0 Å². The van der Waals surface area contributed by atoms with E-state index in [0.29, 0.717) is 5.92 Å². The Morgan fingerprint density at radius 1 is 1.15 bits per heavy atom. The van der Waals surface area contributed by atoms with Gasteiger partial charge in [-0.2, -0.15) is 0 Å². The van der Waals surface area contributed by atoms with E-state index in [1.165, 1.54) is 16.7 Å². The third kappa shape index (κ3) is 2.63. The molecule has 3 rings (SSSR count). The Morgan fingerprint density at radius 3 is 2.60 bits per heavy atom. The summed E-state index contributed by atoms with van der Waals surface area (Å²) in [6, 6.07) is 16.1. The number of hydrogen-bond acceptors (Lipinski definition) is 1. The Kier molecular flexibility index (Phi) is 3.88. The standard InChI is InChI=1S/C17H16BrNO/c18-10-12-5-7-13(8-6-12)17(20)19-11-15-9-14-3-1-2-4-16(14)15/h1-8,15H,9-11H2,(H,19,20). The van der Waals surface area contributed by atoms with E-state index in [-0.39, 0.29) is 5.91 Å². The molecule has 102 valence electrons. The van der Waals surface area contributed by atoms with Crippen LogP contribution in [-0.2, 0) is 11.8 Å². The van der Waals surface area contributed by atoms with E-state index in [2.05, 4.69) is 45.5 Å². The quantitative estimate of drug-likeness (QED) is 0.852. The van der Waals surface area contributed by atoms with Gasteiger partial charge in [0.1, 0.15) is 0 Å². The second-order valence-electron chi connectivity index (χ2n) is 5.14. The molecule has 0 aliphatic heterocycles. The van der Waals surface area contributed by atoms with Crippen molar-refractivity contribution in [3.8, 4) is 0 Å². The first kappa shape index (κ1) is 13.4. The summed E-state index contributed by atoms with van der Waals surface area (Å²) in [4.78, 5) is 12.1. The van der Waals surface area contributed by atoms with Gasteiger partial charge in [0.2, 0.25) is 0 Å². The van der Waals surface area contributed by atoms with Crippen LogP contribution in [0.2, 0.25) is 0 Å². The predicted molar refractivity (Wildman–Crippen MR) is 84.3 cm³/mol. The number of halogens is 1. The molecule has 0 fully saturated rings. The van der Waals surface area contributed by atoms with Gasteiger partial charge >= 0.3 is 0 Å². The zero-order chi connectivity index (χ0) is 13.9. The zero-order valence-corrected chi connectivity index (χ0v) is 12.7. The lowest BCUT2D eigenvalue weighted by Gasteiger charge is -2.30. The SMILES string of the molecule is O=C(NCC1Cc2ccccc21)c1ccc(CBr)cc1. The maximum absolute atomic E-state index is 12.1. The molecule has 1 amide bonds. The second kappa shape index (κ2) is 5.80. The first-order chi connectivity index (χ1) is 9.78. The van der Waals surface area contributed by atoms with Crippen molar-refractivity contribution in [3.05, 3.63) is 70.8 Å². The van der Waals surface area contributed by atoms with Crippen LogP contribution in [0.15, 0.2) is 48.5 Å². The summed E-state index contributed by atoms with van der Waals surface area (Å²) in [5.41, 5.74) is 4.69. The van der Waals surface area contributed by atoms with Crippen LogP contribution >= 0.6 is 15.9 Å². The Bertz CT molecular complexity index is 621. The van der Waals surface area contributed by atoms with Crippen molar-refractivity contribution >= 4 is 21.8 Å². The molecule has 2 aromatic carbocycles. The molecule has 0 saturated carbocycles. The molecule has 2 nitrogen and oxygen atoms in total. The van der Waals surface area contributed by atoms with Crippen molar-refractivity contribution in [2.75, 3.05) is 6.54 Å². The number of benzene rings is 2. The number of nitrogens with one attached hydrogen (secondary N) is 1. The molecule has 20 heavy (non-hydrogen) atoms. The van der Waals surface area contributed by atoms with Gasteiger partial charge in [-0.15, -0.1) is 0 Å². The molecular weight excluding hydrogens is 314 g/mol. The molecule has 1 aliphatic rings. The van der Waals surface area contributed by atoms with Gasteiger partial charge in [-0.25, -0.2) is 0 Å². The van der Waals surface area contributed by atoms with Gasteiger partial charge in [-0.05, 0) is 35.2 Å². The summed E-state index contributed by atoms with van der Waals surface area (Å²) in [6.07, 6.45) is 1.07. The largest absolute Gasteiger partial charge is 0.351 e. The van der Waals surface area contributed by atoms with Crippen LogP contribution in [-0.4, -0.2) is 12.5 Å². The van der Waals surface area contributed by atoms with Crippen LogP contribution in [0.3, 0.4) is 0 Å². The lowest BCUT2D eigenvalue weighted by molar-refractivity contribution is 0.0950. The van der Waals surface area contributed by atoms with E-state index in [1.807, 2.05) is 24.3 Å². The summed E-state index contributed by atoms with van der Waals surface area (Å²) < 4.78 is 0. The van der Waals surface area contributed by atoms with Crippen LogP contribution in [0.1, 0.15) is 33.0 Å². The number of alkyl halides is 1. The molecule has 0 aromatic heterocycles. The minimum Gasteiger partial charge on any atom is -0.351 e. The number of amides is 1. The van der Waals surface area contributed by atoms with Gasteiger partial charge in [-0.3, -0.25) is 4.79 Å². The van der Waals surface area contributed by atoms with Gasteiger partial charge in [0.25, 0.3) is 5.91 Å². The van der Waals surface area contributed by atoms with Crippen LogP contribution < -0.4 is 5.32 Å². The van der Waals surface area contributed by atoms with Gasteiger partial charge in [-0.1, -0.05) is 52.3 Å². The third-order valence-electron chi connectivity index (χ3n) is 3.84. The normalized spacial score (nSPS) is 16.1. The zero-order valence-electron chi connectivity index (χ0n) is 11.1. The molecule has 0 spiro atoms. The molecule has 1 N–H and O–H groups in total. The number of hydrogen-bond donors (Lipinski definition) is 1. The highest BCUT2D eigenvalue weighted by Crippen LogP contribution is 2.33. The fourth-order valence-electron chi connectivity index (χ4n) is 2.61. The Labute approximate surface area is 127 Å². The minimum atomic E-state index is 0.00973. The molecule has 1 aliphatic carbocycles. The highest BCUT2D eigenvalue weighted by molar-refractivity contribution is 9.08.